The van der Waals surface area contributed by atoms with E-state index >= 15 is 0 Å². The summed E-state index contributed by atoms with van der Waals surface area (Å²) in [4.78, 5) is 22.6. The molecule has 0 aliphatic heterocycles. The number of rotatable bonds is 6. The maximum Gasteiger partial charge on any atom is 0.261 e. The number of Topliss-reactive ketones (excluding diaryl/α,β-unsaturated/α-hetero) is 1. The molecule has 8 heteroatoms. The van der Waals surface area contributed by atoms with Gasteiger partial charge in [0.05, 0.1) is 10.6 Å². The van der Waals surface area contributed by atoms with E-state index in [0.717, 1.165) is 36.0 Å². The Balaban J connectivity index is 2.09. The molecule has 0 spiro atoms. The molecule has 0 amide bonds. The number of ketones is 1. The molecule has 0 aliphatic carbocycles. The van der Waals surface area contributed by atoms with Crippen molar-refractivity contribution in [1.82, 2.24) is 0 Å². The van der Waals surface area contributed by atoms with Crippen LogP contribution in [-0.2, 0) is 14.8 Å². The van der Waals surface area contributed by atoms with Crippen LogP contribution in [0.15, 0.2) is 53.4 Å². The van der Waals surface area contributed by atoms with Crippen molar-refractivity contribution in [2.45, 2.75) is 11.8 Å². The first-order valence-corrected chi connectivity index (χ1v) is 9.30. The number of halogens is 1. The molecule has 0 unspecified atom stereocenters. The predicted octanol–water partition coefficient (Wildman–Crippen LogP) is 3.09. The zero-order chi connectivity index (χ0) is 17.7. The molecule has 2 aromatic carbocycles. The van der Waals surface area contributed by atoms with E-state index in [-0.39, 0.29) is 27.2 Å². The van der Waals surface area contributed by atoms with Gasteiger partial charge < -0.3 is 0 Å². The predicted molar refractivity (Wildman–Crippen MR) is 91.1 cm³/mol. The summed E-state index contributed by atoms with van der Waals surface area (Å²) in [5, 5.41) is -0.146. The topological polar surface area (TPSA) is 80.3 Å². The summed E-state index contributed by atoms with van der Waals surface area (Å²) in [5.41, 5.74) is 0.656. The van der Waals surface area contributed by atoms with Gasteiger partial charge in [0.25, 0.3) is 10.0 Å². The number of hydrogen-bond acceptors (Lipinski definition) is 5. The van der Waals surface area contributed by atoms with E-state index in [1.807, 2.05) is 0 Å². The molecule has 0 fully saturated rings. The van der Waals surface area contributed by atoms with Crippen molar-refractivity contribution >= 4 is 38.4 Å². The van der Waals surface area contributed by atoms with Gasteiger partial charge in [-0.05, 0) is 48.5 Å². The van der Waals surface area contributed by atoms with E-state index < -0.39 is 15.8 Å². The molecule has 24 heavy (non-hydrogen) atoms. The second-order valence-corrected chi connectivity index (χ2v) is 7.67. The number of sulfonamides is 1. The fraction of sp³-hybridized carbons (Fsp3) is 0.125. The van der Waals surface area contributed by atoms with Gasteiger partial charge in [0.1, 0.15) is 5.82 Å². The van der Waals surface area contributed by atoms with Crippen LogP contribution >= 0.6 is 11.8 Å². The SMILES string of the molecule is CC(=O)SCC(=O)c1ccc(NS(=O)(=O)c2ccc(F)cc2)cc1. The van der Waals surface area contributed by atoms with Crippen LogP contribution < -0.4 is 4.72 Å². The molecule has 0 radical (unpaired) electrons. The lowest BCUT2D eigenvalue weighted by atomic mass is 10.1. The van der Waals surface area contributed by atoms with Crippen molar-refractivity contribution in [2.24, 2.45) is 0 Å². The van der Waals surface area contributed by atoms with Crippen molar-refractivity contribution in [1.29, 1.82) is 0 Å². The fourth-order valence-electron chi connectivity index (χ4n) is 1.80. The van der Waals surface area contributed by atoms with Gasteiger partial charge >= 0.3 is 0 Å². The van der Waals surface area contributed by atoms with Gasteiger partial charge in [-0.2, -0.15) is 0 Å². The van der Waals surface area contributed by atoms with Gasteiger partial charge in [-0.3, -0.25) is 14.3 Å². The fourth-order valence-corrected chi connectivity index (χ4v) is 3.36. The summed E-state index contributed by atoms with van der Waals surface area (Å²) < 4.78 is 39.5. The van der Waals surface area contributed by atoms with Crippen LogP contribution in [0.4, 0.5) is 10.1 Å². The highest BCUT2D eigenvalue weighted by molar-refractivity contribution is 8.14. The Labute approximate surface area is 143 Å². The van der Waals surface area contributed by atoms with Crippen LogP contribution in [-0.4, -0.2) is 25.1 Å². The maximum absolute atomic E-state index is 12.9. The van der Waals surface area contributed by atoms with Crippen LogP contribution in [0, 0.1) is 5.82 Å². The Morgan fingerprint density at radius 3 is 2.17 bits per heavy atom. The quantitative estimate of drug-likeness (QED) is 0.794. The van der Waals surface area contributed by atoms with Crippen molar-refractivity contribution in [3.05, 3.63) is 59.9 Å². The maximum atomic E-state index is 12.9. The smallest absolute Gasteiger partial charge is 0.261 e. The third kappa shape index (κ3) is 4.90. The first-order chi connectivity index (χ1) is 11.3. The highest BCUT2D eigenvalue weighted by atomic mass is 32.2. The highest BCUT2D eigenvalue weighted by Gasteiger charge is 2.14. The van der Waals surface area contributed by atoms with Crippen LogP contribution in [0.5, 0.6) is 0 Å². The molecule has 126 valence electrons. The summed E-state index contributed by atoms with van der Waals surface area (Å²) in [6.45, 7) is 1.38. The number of benzene rings is 2. The van der Waals surface area contributed by atoms with Gasteiger partial charge in [0.15, 0.2) is 10.9 Å². The summed E-state index contributed by atoms with van der Waals surface area (Å²) in [7, 11) is -3.84. The molecule has 2 aromatic rings. The van der Waals surface area contributed by atoms with E-state index in [9.17, 15) is 22.4 Å². The lowest BCUT2D eigenvalue weighted by molar-refractivity contribution is -0.109. The molecular formula is C16H14FNO4S2. The minimum absolute atomic E-state index is 0.0377. The molecule has 2 rings (SSSR count). The van der Waals surface area contributed by atoms with Crippen LogP contribution in [0.1, 0.15) is 17.3 Å². The first-order valence-electron chi connectivity index (χ1n) is 6.83. The van der Waals surface area contributed by atoms with Gasteiger partial charge in [-0.15, -0.1) is 0 Å². The molecule has 0 atom stereocenters. The third-order valence-corrected chi connectivity index (χ3v) is 5.20. The van der Waals surface area contributed by atoms with Crippen molar-refractivity contribution < 1.29 is 22.4 Å². The van der Waals surface area contributed by atoms with Crippen molar-refractivity contribution in [2.75, 3.05) is 10.5 Å². The first kappa shape index (κ1) is 18.2. The molecule has 0 aromatic heterocycles. The Morgan fingerprint density at radius 1 is 1.04 bits per heavy atom. The van der Waals surface area contributed by atoms with E-state index in [1.54, 1.807) is 0 Å². The van der Waals surface area contributed by atoms with E-state index in [4.69, 9.17) is 0 Å². The second-order valence-electron chi connectivity index (χ2n) is 4.84. The Morgan fingerprint density at radius 2 is 1.62 bits per heavy atom. The molecule has 5 nitrogen and oxygen atoms in total. The second kappa shape index (κ2) is 7.59. The van der Waals surface area contributed by atoms with Gasteiger partial charge in [-0.25, -0.2) is 12.8 Å². The number of hydrogen-bond donors (Lipinski definition) is 1. The minimum Gasteiger partial charge on any atom is -0.293 e. The van der Waals surface area contributed by atoms with Crippen LogP contribution in [0.2, 0.25) is 0 Å². The summed E-state index contributed by atoms with van der Waals surface area (Å²) in [6, 6.07) is 10.3. The van der Waals surface area contributed by atoms with Gasteiger partial charge in [-0.1, -0.05) is 11.8 Å². The number of carbonyl (C=O) groups excluding carboxylic acids is 2. The molecule has 0 bridgehead atoms. The molecule has 0 saturated heterocycles. The third-order valence-electron chi connectivity index (χ3n) is 2.99. The van der Waals surface area contributed by atoms with E-state index in [1.165, 1.54) is 31.2 Å². The number of nitrogens with one attached hydrogen (secondary N) is 1. The molecule has 1 N–H and O–H groups in total. The van der Waals surface area contributed by atoms with Gasteiger partial charge in [0.2, 0.25) is 0 Å². The number of thioether (sulfide) groups is 1. The average Bonchev–Trinajstić information content (AvgIpc) is 2.53. The Kier molecular flexibility index (Phi) is 5.74. The zero-order valence-corrected chi connectivity index (χ0v) is 14.3. The largest absolute Gasteiger partial charge is 0.293 e. The highest BCUT2D eigenvalue weighted by Crippen LogP contribution is 2.18. The normalized spacial score (nSPS) is 11.1. The molecule has 0 aliphatic rings. The minimum atomic E-state index is -3.84. The zero-order valence-electron chi connectivity index (χ0n) is 12.7. The number of anilines is 1. The standard InChI is InChI=1S/C16H14FNO4S2/c1-11(19)23-10-16(20)12-2-6-14(7-3-12)18-24(21,22)15-8-4-13(17)5-9-15/h2-9,18H,10H2,1H3. The molecular weight excluding hydrogens is 353 g/mol. The molecule has 0 heterocycles. The Hall–Kier alpha value is -2.19. The van der Waals surface area contributed by atoms with Crippen molar-refractivity contribution in [3.8, 4) is 0 Å². The van der Waals surface area contributed by atoms with Crippen LogP contribution in [0.3, 0.4) is 0 Å². The lowest BCUT2D eigenvalue weighted by Crippen LogP contribution is -2.13. The molecule has 0 saturated carbocycles. The van der Waals surface area contributed by atoms with Crippen molar-refractivity contribution in [3.63, 3.8) is 0 Å². The monoisotopic (exact) mass is 367 g/mol. The van der Waals surface area contributed by atoms with Gasteiger partial charge in [0, 0.05) is 18.2 Å². The van der Waals surface area contributed by atoms with E-state index in [0.29, 0.717) is 5.56 Å². The van der Waals surface area contributed by atoms with Crippen LogP contribution in [0.25, 0.3) is 0 Å². The average molecular weight is 367 g/mol. The summed E-state index contributed by atoms with van der Waals surface area (Å²) in [5.74, 6) is -0.709. The summed E-state index contributed by atoms with van der Waals surface area (Å²) >= 11 is 0.916. The lowest BCUT2D eigenvalue weighted by Gasteiger charge is -2.08. The van der Waals surface area contributed by atoms with E-state index in [2.05, 4.69) is 4.72 Å². The Bertz CT molecular complexity index is 847. The summed E-state index contributed by atoms with van der Waals surface area (Å²) in [6.07, 6.45) is 0. The number of carbonyl (C=O) groups is 2.